The molecule has 1 aliphatic carbocycles. The lowest BCUT2D eigenvalue weighted by Crippen LogP contribution is -2.15. The van der Waals surface area contributed by atoms with Gasteiger partial charge < -0.3 is 4.74 Å². The molecular weight excluding hydrogens is 204 g/mol. The molecule has 0 spiro atoms. The fourth-order valence-electron chi connectivity index (χ4n) is 2.34. The number of hydrogen-bond donors (Lipinski definition) is 0. The topological polar surface area (TPSA) is 9.23 Å². The van der Waals surface area contributed by atoms with Gasteiger partial charge >= 0.3 is 0 Å². The van der Waals surface area contributed by atoms with Crippen LogP contribution in [0.15, 0.2) is 11.8 Å². The lowest BCUT2D eigenvalue weighted by molar-refractivity contribution is 0.239. The lowest BCUT2D eigenvalue weighted by atomic mass is 9.96. The first-order valence-electron chi connectivity index (χ1n) is 6.36. The number of hydrogen-bond acceptors (Lipinski definition) is 2. The molecule has 1 atom stereocenters. The Kier molecular flexibility index (Phi) is 4.91. The van der Waals surface area contributed by atoms with Crippen molar-refractivity contribution >= 4 is 11.8 Å². The second kappa shape index (κ2) is 6.47. The Hall–Kier alpha value is -0.110. The molecule has 1 saturated heterocycles. The fraction of sp³-hybridized carbons (Fsp3) is 0.846. The van der Waals surface area contributed by atoms with E-state index in [1.165, 1.54) is 57.1 Å². The van der Waals surface area contributed by atoms with Gasteiger partial charge in [-0.3, -0.25) is 0 Å². The summed E-state index contributed by atoms with van der Waals surface area (Å²) in [5, 5.41) is 0.763. The van der Waals surface area contributed by atoms with E-state index in [1.54, 1.807) is 5.57 Å². The van der Waals surface area contributed by atoms with Crippen LogP contribution < -0.4 is 0 Å². The average Bonchev–Trinajstić information content (AvgIpc) is 2.32. The molecule has 0 bridgehead atoms. The van der Waals surface area contributed by atoms with Gasteiger partial charge in [-0.1, -0.05) is 12.8 Å². The third kappa shape index (κ3) is 4.10. The predicted octanol–water partition coefficient (Wildman–Crippen LogP) is 4.14. The van der Waals surface area contributed by atoms with Gasteiger partial charge in [-0.15, -0.1) is 0 Å². The molecule has 2 aliphatic rings. The van der Waals surface area contributed by atoms with Crippen molar-refractivity contribution in [1.82, 2.24) is 0 Å². The third-order valence-corrected chi connectivity index (χ3v) is 4.67. The summed E-state index contributed by atoms with van der Waals surface area (Å²) >= 11 is 2.10. The monoisotopic (exact) mass is 226 g/mol. The first kappa shape index (κ1) is 11.4. The molecule has 86 valence electrons. The van der Waals surface area contributed by atoms with Crippen molar-refractivity contribution in [3.05, 3.63) is 11.8 Å². The highest BCUT2D eigenvalue weighted by Gasteiger charge is 2.13. The number of ether oxygens (including phenoxy) is 1. The highest BCUT2D eigenvalue weighted by molar-refractivity contribution is 7.99. The van der Waals surface area contributed by atoms with E-state index in [2.05, 4.69) is 18.0 Å². The van der Waals surface area contributed by atoms with E-state index in [-0.39, 0.29) is 0 Å². The van der Waals surface area contributed by atoms with Crippen molar-refractivity contribution in [2.45, 2.75) is 56.6 Å². The highest BCUT2D eigenvalue weighted by Crippen LogP contribution is 2.26. The molecule has 1 saturated carbocycles. The van der Waals surface area contributed by atoms with Crippen molar-refractivity contribution in [1.29, 1.82) is 0 Å². The zero-order chi connectivity index (χ0) is 10.3. The van der Waals surface area contributed by atoms with Gasteiger partial charge in [0.05, 0.1) is 12.9 Å². The Morgan fingerprint density at radius 3 is 2.73 bits per heavy atom. The fourth-order valence-corrected chi connectivity index (χ4v) is 3.55. The third-order valence-electron chi connectivity index (χ3n) is 3.30. The minimum absolute atomic E-state index is 0.763. The summed E-state index contributed by atoms with van der Waals surface area (Å²) in [5.74, 6) is 1.34. The standard InChI is InChI=1S/C13H22OS/c1-2-6-12(7-3-1)10-14-11-13-8-4-5-9-15-13/h10,13H,1-9,11H2. The van der Waals surface area contributed by atoms with E-state index < -0.39 is 0 Å². The molecular formula is C13H22OS. The smallest absolute Gasteiger partial charge is 0.0991 e. The zero-order valence-corrected chi connectivity index (χ0v) is 10.4. The summed E-state index contributed by atoms with van der Waals surface area (Å²) in [7, 11) is 0. The van der Waals surface area contributed by atoms with Gasteiger partial charge in [-0.2, -0.15) is 11.8 Å². The molecule has 1 aliphatic heterocycles. The maximum Gasteiger partial charge on any atom is 0.0991 e. The Balaban J connectivity index is 1.64. The van der Waals surface area contributed by atoms with Crippen molar-refractivity contribution in [2.24, 2.45) is 0 Å². The van der Waals surface area contributed by atoms with Crippen LogP contribution in [0.25, 0.3) is 0 Å². The van der Waals surface area contributed by atoms with Gasteiger partial charge in [0.1, 0.15) is 0 Å². The maximum atomic E-state index is 5.73. The Morgan fingerprint density at radius 1 is 1.13 bits per heavy atom. The Bertz CT molecular complexity index is 199. The van der Waals surface area contributed by atoms with Crippen LogP contribution in [0, 0.1) is 0 Å². The van der Waals surface area contributed by atoms with Gasteiger partial charge in [0.25, 0.3) is 0 Å². The Labute approximate surface area is 97.7 Å². The van der Waals surface area contributed by atoms with Gasteiger partial charge in [0, 0.05) is 5.25 Å². The van der Waals surface area contributed by atoms with Crippen LogP contribution in [0.2, 0.25) is 0 Å². The molecule has 1 heterocycles. The van der Waals surface area contributed by atoms with Crippen LogP contribution in [-0.4, -0.2) is 17.6 Å². The summed E-state index contributed by atoms with van der Waals surface area (Å²) in [6, 6.07) is 0. The molecule has 0 aromatic rings. The first-order valence-corrected chi connectivity index (χ1v) is 7.41. The summed E-state index contributed by atoms with van der Waals surface area (Å²) in [6.45, 7) is 0.939. The summed E-state index contributed by atoms with van der Waals surface area (Å²) in [4.78, 5) is 0. The van der Waals surface area contributed by atoms with Crippen molar-refractivity contribution in [3.63, 3.8) is 0 Å². The number of thioether (sulfide) groups is 1. The van der Waals surface area contributed by atoms with Crippen LogP contribution in [0.5, 0.6) is 0 Å². The molecule has 0 radical (unpaired) electrons. The van der Waals surface area contributed by atoms with E-state index in [9.17, 15) is 0 Å². The molecule has 0 N–H and O–H groups in total. The molecule has 15 heavy (non-hydrogen) atoms. The van der Waals surface area contributed by atoms with E-state index in [0.717, 1.165) is 11.9 Å². The van der Waals surface area contributed by atoms with E-state index in [1.807, 2.05) is 0 Å². The largest absolute Gasteiger partial charge is 0.500 e. The maximum absolute atomic E-state index is 5.73. The lowest BCUT2D eigenvalue weighted by Gasteiger charge is -2.21. The van der Waals surface area contributed by atoms with Crippen molar-refractivity contribution in [3.8, 4) is 0 Å². The average molecular weight is 226 g/mol. The molecule has 0 aromatic carbocycles. The molecule has 2 rings (SSSR count). The molecule has 0 aromatic heterocycles. The van der Waals surface area contributed by atoms with E-state index >= 15 is 0 Å². The summed E-state index contributed by atoms with van der Waals surface area (Å²) in [6.07, 6.45) is 12.9. The van der Waals surface area contributed by atoms with Crippen LogP contribution in [0.1, 0.15) is 51.4 Å². The van der Waals surface area contributed by atoms with Gasteiger partial charge in [-0.05, 0) is 49.9 Å². The van der Waals surface area contributed by atoms with Gasteiger partial charge in [-0.25, -0.2) is 0 Å². The first-order chi connectivity index (χ1) is 7.45. The predicted molar refractivity (Wildman–Crippen MR) is 67.2 cm³/mol. The quantitative estimate of drug-likeness (QED) is 0.669. The highest BCUT2D eigenvalue weighted by atomic mass is 32.2. The van der Waals surface area contributed by atoms with E-state index in [4.69, 9.17) is 4.74 Å². The molecule has 2 fully saturated rings. The van der Waals surface area contributed by atoms with E-state index in [0.29, 0.717) is 0 Å². The second-order valence-corrected chi connectivity index (χ2v) is 6.07. The molecule has 0 amide bonds. The number of allylic oxidation sites excluding steroid dienone is 1. The SMILES string of the molecule is C(OCC1CCCCS1)=C1CCCCC1. The second-order valence-electron chi connectivity index (χ2n) is 4.66. The zero-order valence-electron chi connectivity index (χ0n) is 9.54. The minimum atomic E-state index is 0.763. The Morgan fingerprint density at radius 2 is 2.00 bits per heavy atom. The molecule has 1 nitrogen and oxygen atoms in total. The number of rotatable bonds is 3. The van der Waals surface area contributed by atoms with Crippen molar-refractivity contribution < 1.29 is 4.74 Å². The van der Waals surface area contributed by atoms with Crippen LogP contribution >= 0.6 is 11.8 Å². The van der Waals surface area contributed by atoms with Gasteiger partial charge in [0.2, 0.25) is 0 Å². The summed E-state index contributed by atoms with van der Waals surface area (Å²) in [5.41, 5.74) is 1.54. The minimum Gasteiger partial charge on any atom is -0.500 e. The van der Waals surface area contributed by atoms with Crippen LogP contribution in [0.4, 0.5) is 0 Å². The molecule has 1 unspecified atom stereocenters. The molecule has 2 heteroatoms. The van der Waals surface area contributed by atoms with Crippen LogP contribution in [0.3, 0.4) is 0 Å². The normalized spacial score (nSPS) is 27.5. The summed E-state index contributed by atoms with van der Waals surface area (Å²) < 4.78 is 5.73. The van der Waals surface area contributed by atoms with Gasteiger partial charge in [0.15, 0.2) is 0 Å². The van der Waals surface area contributed by atoms with Crippen molar-refractivity contribution in [2.75, 3.05) is 12.4 Å². The van der Waals surface area contributed by atoms with Crippen LogP contribution in [-0.2, 0) is 4.74 Å².